The SMILES string of the molecule is C#C[C@]1(CO)O[C@@H](n2cnc3c(N)nc(F)nc32)C[C@@H]1OC(=O)OC(COC(=O)CCCC)COC(=O)CCCC. The largest absolute Gasteiger partial charge is 0.509 e. The Bertz CT molecular complexity index is 1240. The summed E-state index contributed by atoms with van der Waals surface area (Å²) in [6, 6.07) is 0. The number of anilines is 1. The van der Waals surface area contributed by atoms with Crippen LogP contribution in [-0.4, -0.2) is 80.3 Å². The summed E-state index contributed by atoms with van der Waals surface area (Å²) in [6.45, 7) is 2.33. The fourth-order valence-electron chi connectivity index (χ4n) is 4.04. The molecule has 2 aromatic heterocycles. The van der Waals surface area contributed by atoms with Crippen molar-refractivity contribution in [3.8, 4) is 12.3 Å². The summed E-state index contributed by atoms with van der Waals surface area (Å²) in [7, 11) is 0. The minimum Gasteiger partial charge on any atom is -0.462 e. The van der Waals surface area contributed by atoms with E-state index < -0.39 is 54.8 Å². The Morgan fingerprint density at radius 2 is 1.85 bits per heavy atom. The summed E-state index contributed by atoms with van der Waals surface area (Å²) < 4.78 is 42.1. The Morgan fingerprint density at radius 3 is 2.41 bits per heavy atom. The molecule has 224 valence electrons. The molecule has 1 aliphatic heterocycles. The normalized spacial score (nSPS) is 20.1. The summed E-state index contributed by atoms with van der Waals surface area (Å²) in [6.07, 6.45) is 4.24. The van der Waals surface area contributed by atoms with Gasteiger partial charge < -0.3 is 34.5 Å². The van der Waals surface area contributed by atoms with E-state index >= 15 is 0 Å². The molecule has 0 saturated carbocycles. The Kier molecular flexibility index (Phi) is 11.2. The third-order valence-corrected chi connectivity index (χ3v) is 6.32. The van der Waals surface area contributed by atoms with Gasteiger partial charge in [0.05, 0.1) is 12.9 Å². The number of ether oxygens (including phenoxy) is 5. The second-order valence-electron chi connectivity index (χ2n) is 9.37. The van der Waals surface area contributed by atoms with Crippen LogP contribution in [0.1, 0.15) is 65.0 Å². The van der Waals surface area contributed by atoms with E-state index in [0.717, 1.165) is 12.8 Å². The molecule has 0 spiro atoms. The van der Waals surface area contributed by atoms with Gasteiger partial charge in [-0.1, -0.05) is 32.6 Å². The number of nitrogen functional groups attached to an aromatic ring is 1. The minimum absolute atomic E-state index is 0.00179. The van der Waals surface area contributed by atoms with Gasteiger partial charge in [0.2, 0.25) is 0 Å². The number of aromatic nitrogens is 4. The number of hydrogen-bond acceptors (Lipinski definition) is 13. The zero-order valence-corrected chi connectivity index (χ0v) is 22.9. The van der Waals surface area contributed by atoms with Crippen LogP contribution >= 0.6 is 0 Å². The Morgan fingerprint density at radius 1 is 1.22 bits per heavy atom. The van der Waals surface area contributed by atoms with Gasteiger partial charge in [-0.25, -0.2) is 9.78 Å². The molecule has 3 N–H and O–H groups in total. The number of aliphatic hydroxyl groups excluding tert-OH is 1. The van der Waals surface area contributed by atoms with E-state index in [2.05, 4.69) is 20.9 Å². The van der Waals surface area contributed by atoms with Crippen LogP contribution in [0.4, 0.5) is 15.0 Å². The van der Waals surface area contributed by atoms with Crippen LogP contribution in [0.5, 0.6) is 0 Å². The van der Waals surface area contributed by atoms with Gasteiger partial charge in [-0.15, -0.1) is 6.42 Å². The highest BCUT2D eigenvalue weighted by Gasteiger charge is 2.51. The summed E-state index contributed by atoms with van der Waals surface area (Å²) in [4.78, 5) is 48.0. The van der Waals surface area contributed by atoms with Gasteiger partial charge in [-0.05, 0) is 12.8 Å². The number of aliphatic hydroxyl groups is 1. The van der Waals surface area contributed by atoms with Crippen molar-refractivity contribution in [2.45, 2.75) is 82.8 Å². The first-order valence-corrected chi connectivity index (χ1v) is 13.3. The van der Waals surface area contributed by atoms with Gasteiger partial charge >= 0.3 is 24.2 Å². The van der Waals surface area contributed by atoms with E-state index in [4.69, 9.17) is 35.8 Å². The van der Waals surface area contributed by atoms with Gasteiger partial charge in [-0.3, -0.25) is 14.2 Å². The van der Waals surface area contributed by atoms with Gasteiger partial charge in [0.1, 0.15) is 19.4 Å². The molecule has 1 aliphatic rings. The molecule has 0 amide bonds. The van der Waals surface area contributed by atoms with Crippen LogP contribution in [0.15, 0.2) is 6.33 Å². The van der Waals surface area contributed by atoms with Gasteiger partial charge in [0.25, 0.3) is 0 Å². The van der Waals surface area contributed by atoms with Crippen molar-refractivity contribution in [3.63, 3.8) is 0 Å². The molecule has 2 aromatic rings. The van der Waals surface area contributed by atoms with Crippen molar-refractivity contribution in [3.05, 3.63) is 12.4 Å². The third kappa shape index (κ3) is 8.01. The highest BCUT2D eigenvalue weighted by molar-refractivity contribution is 5.81. The molecule has 1 saturated heterocycles. The van der Waals surface area contributed by atoms with Crippen molar-refractivity contribution in [2.75, 3.05) is 25.6 Å². The van der Waals surface area contributed by atoms with Crippen molar-refractivity contribution < 1.29 is 47.6 Å². The second-order valence-corrected chi connectivity index (χ2v) is 9.37. The molecule has 0 aromatic carbocycles. The number of rotatable bonds is 14. The lowest BCUT2D eigenvalue weighted by molar-refractivity contribution is -0.154. The number of nitrogens with zero attached hydrogens (tertiary/aromatic N) is 4. The lowest BCUT2D eigenvalue weighted by atomic mass is 9.99. The van der Waals surface area contributed by atoms with E-state index in [0.29, 0.717) is 12.8 Å². The average Bonchev–Trinajstić information content (AvgIpc) is 3.53. The number of unbranched alkanes of at least 4 members (excludes halogenated alkanes) is 2. The monoisotopic (exact) mass is 579 g/mol. The average molecular weight is 580 g/mol. The number of terminal acetylenes is 1. The molecule has 3 rings (SSSR count). The van der Waals surface area contributed by atoms with E-state index in [-0.39, 0.29) is 49.5 Å². The summed E-state index contributed by atoms with van der Waals surface area (Å²) in [5.74, 6) is 1.11. The lowest BCUT2D eigenvalue weighted by Gasteiger charge is -2.27. The second kappa shape index (κ2) is 14.6. The third-order valence-electron chi connectivity index (χ3n) is 6.32. The quantitative estimate of drug-likeness (QED) is 0.144. The fraction of sp³-hybridized carbons (Fsp3) is 0.615. The Labute approximate surface area is 235 Å². The number of fused-ring (bicyclic) bond motifs is 1. The van der Waals surface area contributed by atoms with Crippen LogP contribution in [-0.2, 0) is 33.3 Å². The highest BCUT2D eigenvalue weighted by Crippen LogP contribution is 2.39. The first-order chi connectivity index (χ1) is 19.7. The summed E-state index contributed by atoms with van der Waals surface area (Å²) in [5.41, 5.74) is 4.03. The van der Waals surface area contributed by atoms with Crippen LogP contribution < -0.4 is 5.73 Å². The molecule has 0 unspecified atom stereocenters. The summed E-state index contributed by atoms with van der Waals surface area (Å²) >= 11 is 0. The van der Waals surface area contributed by atoms with Crippen LogP contribution in [0.3, 0.4) is 0 Å². The number of nitrogens with two attached hydrogens (primary N) is 1. The predicted molar refractivity (Wildman–Crippen MR) is 139 cm³/mol. The molecule has 0 aliphatic carbocycles. The maximum Gasteiger partial charge on any atom is 0.509 e. The molecule has 3 atom stereocenters. The maximum atomic E-state index is 13.8. The molecule has 15 heteroatoms. The topological polar surface area (TPSA) is 187 Å². The van der Waals surface area contributed by atoms with Gasteiger partial charge in [-0.2, -0.15) is 14.4 Å². The molecule has 0 radical (unpaired) electrons. The molecule has 3 heterocycles. The first-order valence-electron chi connectivity index (χ1n) is 13.3. The molecule has 14 nitrogen and oxygen atoms in total. The number of imidazole rings is 1. The van der Waals surface area contributed by atoms with E-state index in [1.54, 1.807) is 0 Å². The summed E-state index contributed by atoms with van der Waals surface area (Å²) in [5, 5.41) is 10.1. The Hall–Kier alpha value is -4.03. The smallest absolute Gasteiger partial charge is 0.462 e. The van der Waals surface area contributed by atoms with E-state index in [9.17, 15) is 23.9 Å². The van der Waals surface area contributed by atoms with Crippen LogP contribution in [0, 0.1) is 18.4 Å². The Balaban J connectivity index is 1.71. The number of hydrogen-bond donors (Lipinski definition) is 2. The molecule has 1 fully saturated rings. The maximum absolute atomic E-state index is 13.8. The van der Waals surface area contributed by atoms with E-state index in [1.165, 1.54) is 10.9 Å². The predicted octanol–water partition coefficient (Wildman–Crippen LogP) is 2.19. The van der Waals surface area contributed by atoms with Crippen molar-refractivity contribution >= 4 is 35.1 Å². The number of carbonyl (C=O) groups excluding carboxylic acids is 3. The zero-order valence-electron chi connectivity index (χ0n) is 22.9. The molecular formula is C26H34FN5O9. The number of esters is 2. The lowest BCUT2D eigenvalue weighted by Crippen LogP contribution is -2.44. The molecule has 41 heavy (non-hydrogen) atoms. The van der Waals surface area contributed by atoms with Crippen molar-refractivity contribution in [1.82, 2.24) is 19.5 Å². The number of carbonyl (C=O) groups is 3. The van der Waals surface area contributed by atoms with Gasteiger partial charge in [0, 0.05) is 19.3 Å². The molecule has 0 bridgehead atoms. The van der Waals surface area contributed by atoms with E-state index in [1.807, 2.05) is 13.8 Å². The van der Waals surface area contributed by atoms with Crippen molar-refractivity contribution in [1.29, 1.82) is 0 Å². The van der Waals surface area contributed by atoms with Crippen molar-refractivity contribution in [2.24, 2.45) is 0 Å². The molecular weight excluding hydrogens is 545 g/mol. The van der Waals surface area contributed by atoms with Gasteiger partial charge in [0.15, 0.2) is 34.8 Å². The standard InChI is InChI=1S/C26H34FN5O9/c1-4-7-9-19(34)37-12-16(13-38-20(35)10-8-5-2)39-25(36)40-17-11-18(41-26(17,6-3)14-33)32-15-29-21-22(28)30-24(27)31-23(21)32/h3,15-18,33H,4-5,7-14H2,1-2H3,(H2,28,30,31)/t17-,18+,26+/m0/s1. The number of halogens is 1. The van der Waals surface area contributed by atoms with Crippen LogP contribution in [0.2, 0.25) is 0 Å². The van der Waals surface area contributed by atoms with Crippen LogP contribution in [0.25, 0.3) is 11.2 Å². The highest BCUT2D eigenvalue weighted by atomic mass is 19.1. The first kappa shape index (κ1) is 31.5. The fourth-order valence-corrected chi connectivity index (χ4v) is 4.04. The zero-order chi connectivity index (χ0) is 30.0. The minimum atomic E-state index is -1.80.